The predicted molar refractivity (Wildman–Crippen MR) is 133 cm³/mol. The maximum absolute atomic E-state index is 12.1. The monoisotopic (exact) mass is 636 g/mol. The van der Waals surface area contributed by atoms with Gasteiger partial charge in [-0.3, -0.25) is 19.2 Å². The van der Waals surface area contributed by atoms with Crippen LogP contribution in [0, 0.1) is 7.14 Å². The molecular weight excluding hydrogens is 622 g/mol. The third-order valence-corrected chi connectivity index (χ3v) is 6.14. The molecule has 6 nitrogen and oxygen atoms in total. The van der Waals surface area contributed by atoms with Crippen molar-refractivity contribution in [3.63, 3.8) is 0 Å². The zero-order valence-corrected chi connectivity index (χ0v) is 20.2. The lowest BCUT2D eigenvalue weighted by molar-refractivity contribution is -0.114. The van der Waals surface area contributed by atoms with E-state index in [2.05, 4.69) is 50.5 Å². The Bertz CT molecular complexity index is 1240. The number of fused-ring (bicyclic) bond motifs is 2. The van der Waals surface area contributed by atoms with Crippen LogP contribution in [0.4, 0.5) is 11.4 Å². The third kappa shape index (κ3) is 4.40. The molecule has 3 aromatic rings. The zero-order chi connectivity index (χ0) is 22.1. The summed E-state index contributed by atoms with van der Waals surface area (Å²) in [5.41, 5.74) is 3.32. The van der Waals surface area contributed by atoms with E-state index in [0.717, 1.165) is 12.7 Å². The number of hydrogen-bond acceptors (Lipinski definition) is 4. The van der Waals surface area contributed by atoms with Crippen molar-refractivity contribution in [2.24, 2.45) is 0 Å². The first-order valence-corrected chi connectivity index (χ1v) is 11.4. The van der Waals surface area contributed by atoms with E-state index >= 15 is 0 Å². The fourth-order valence-corrected chi connectivity index (χ4v) is 4.29. The summed E-state index contributed by atoms with van der Waals surface area (Å²) < 4.78 is 1.91. The van der Waals surface area contributed by atoms with Crippen LogP contribution < -0.4 is 10.2 Å². The highest BCUT2D eigenvalue weighted by Crippen LogP contribution is 2.31. The number of carbonyl (C=O) groups excluding carboxylic acids is 4. The van der Waals surface area contributed by atoms with Crippen molar-refractivity contribution >= 4 is 79.9 Å². The van der Waals surface area contributed by atoms with Crippen LogP contribution in [0.15, 0.2) is 66.7 Å². The van der Waals surface area contributed by atoms with E-state index in [4.69, 9.17) is 0 Å². The number of rotatable bonds is 2. The van der Waals surface area contributed by atoms with Crippen molar-refractivity contribution in [3.8, 4) is 0 Å². The number of nitrogens with one attached hydrogen (secondary N) is 1. The fourth-order valence-electron chi connectivity index (χ4n) is 3.31. The van der Waals surface area contributed by atoms with Gasteiger partial charge in [0.2, 0.25) is 0 Å². The van der Waals surface area contributed by atoms with Gasteiger partial charge in [-0.2, -0.15) is 0 Å². The van der Waals surface area contributed by atoms with Crippen LogP contribution in [0.1, 0.15) is 26.3 Å². The quantitative estimate of drug-likeness (QED) is 0.333. The summed E-state index contributed by atoms with van der Waals surface area (Å²) in [7, 11) is 0. The van der Waals surface area contributed by atoms with E-state index in [1.165, 1.54) is 0 Å². The summed E-state index contributed by atoms with van der Waals surface area (Å²) in [6.45, 7) is 0.430. The van der Waals surface area contributed by atoms with Gasteiger partial charge in [0.15, 0.2) is 0 Å². The Labute approximate surface area is 205 Å². The zero-order valence-electron chi connectivity index (χ0n) is 15.9. The van der Waals surface area contributed by atoms with Crippen LogP contribution in [0.3, 0.4) is 0 Å². The van der Waals surface area contributed by atoms with Crippen LogP contribution >= 0.6 is 45.2 Å². The second-order valence-corrected chi connectivity index (χ2v) is 9.33. The Morgan fingerprint density at radius 1 is 0.742 bits per heavy atom. The van der Waals surface area contributed by atoms with Crippen LogP contribution in [-0.2, 0) is 16.1 Å². The molecule has 0 atom stereocenters. The summed E-state index contributed by atoms with van der Waals surface area (Å²) in [4.78, 5) is 47.6. The molecule has 0 unspecified atom stereocenters. The van der Waals surface area contributed by atoms with Crippen molar-refractivity contribution in [2.75, 3.05) is 10.2 Å². The van der Waals surface area contributed by atoms with E-state index < -0.39 is 23.4 Å². The lowest BCUT2D eigenvalue weighted by Crippen LogP contribution is -2.29. The normalized spacial score (nSPS) is 14.1. The van der Waals surface area contributed by atoms with Gasteiger partial charge in [-0.05, 0) is 87.1 Å². The Kier molecular flexibility index (Phi) is 6.19. The molecule has 0 bridgehead atoms. The van der Waals surface area contributed by atoms with E-state index in [1.54, 1.807) is 23.1 Å². The van der Waals surface area contributed by atoms with Gasteiger partial charge in [0.25, 0.3) is 23.4 Å². The Hall–Kier alpha value is -2.60. The third-order valence-electron chi connectivity index (χ3n) is 4.80. The second-order valence-electron chi connectivity index (χ2n) is 6.84. The van der Waals surface area contributed by atoms with Gasteiger partial charge >= 0.3 is 0 Å². The van der Waals surface area contributed by atoms with Crippen molar-refractivity contribution in [1.82, 2.24) is 0 Å². The number of amides is 2. The fraction of sp³-hybridized carbons (Fsp3) is 0.0435. The molecule has 0 fully saturated rings. The van der Waals surface area contributed by atoms with Crippen LogP contribution in [0.2, 0.25) is 0 Å². The molecule has 2 amide bonds. The number of benzene rings is 3. The number of halogens is 2. The standard InChI is InChI=1S/C15H10INO2.C8H4INO2/c16-11-6-7-13-12(8-11)14(18)15(19)17(13)9-10-4-2-1-3-5-10;9-4-1-2-6-5(3-4)7(11)8(12)10-6/h1-8H,9H2;1-3H,(H,10,11,12). The Morgan fingerprint density at radius 3 is 2.10 bits per heavy atom. The maximum atomic E-state index is 12.1. The molecule has 0 radical (unpaired) electrons. The number of hydrogen-bond donors (Lipinski definition) is 1. The van der Waals surface area contributed by atoms with Gasteiger partial charge in [0.05, 0.1) is 29.0 Å². The van der Waals surface area contributed by atoms with E-state index in [1.807, 2.05) is 48.5 Å². The number of anilines is 2. The lowest BCUT2D eigenvalue weighted by atomic mass is 10.1. The molecule has 1 N–H and O–H groups in total. The maximum Gasteiger partial charge on any atom is 0.299 e. The molecule has 0 saturated carbocycles. The molecule has 2 heterocycles. The molecule has 5 rings (SSSR count). The number of Topliss-reactive ketones (excluding diaryl/α,β-unsaturated/α-hetero) is 2. The second kappa shape index (κ2) is 8.87. The average molecular weight is 636 g/mol. The first kappa shape index (κ1) is 21.6. The lowest BCUT2D eigenvalue weighted by Gasteiger charge is -2.16. The summed E-state index contributed by atoms with van der Waals surface area (Å²) in [5, 5.41) is 2.48. The highest BCUT2D eigenvalue weighted by molar-refractivity contribution is 14.1. The number of ketones is 2. The molecule has 2 aliphatic rings. The van der Waals surface area contributed by atoms with Crippen LogP contribution in [-0.4, -0.2) is 23.4 Å². The van der Waals surface area contributed by atoms with Gasteiger partial charge < -0.3 is 10.2 Å². The molecule has 3 aromatic carbocycles. The van der Waals surface area contributed by atoms with E-state index in [-0.39, 0.29) is 0 Å². The van der Waals surface area contributed by atoms with Gasteiger partial charge in [-0.25, -0.2) is 0 Å². The molecule has 0 spiro atoms. The summed E-state index contributed by atoms with van der Waals surface area (Å²) >= 11 is 4.24. The van der Waals surface area contributed by atoms with Gasteiger partial charge in [-0.1, -0.05) is 30.3 Å². The Morgan fingerprint density at radius 2 is 1.39 bits per heavy atom. The molecular formula is C23H14I2N2O4. The first-order valence-electron chi connectivity index (χ1n) is 9.20. The van der Waals surface area contributed by atoms with Crippen molar-refractivity contribution in [2.45, 2.75) is 6.54 Å². The largest absolute Gasteiger partial charge is 0.318 e. The molecule has 2 aliphatic heterocycles. The minimum absolute atomic E-state index is 0.413. The van der Waals surface area contributed by atoms with Gasteiger partial charge in [-0.15, -0.1) is 0 Å². The van der Waals surface area contributed by atoms with Crippen LogP contribution in [0.25, 0.3) is 0 Å². The average Bonchev–Trinajstić information content (AvgIpc) is 3.17. The summed E-state index contributed by atoms with van der Waals surface area (Å²) in [5.74, 6) is -1.83. The summed E-state index contributed by atoms with van der Waals surface area (Å²) in [6.07, 6.45) is 0. The van der Waals surface area contributed by atoms with Gasteiger partial charge in [0, 0.05) is 7.14 Å². The van der Waals surface area contributed by atoms with Crippen molar-refractivity contribution in [3.05, 3.63) is 90.6 Å². The molecule has 154 valence electrons. The van der Waals surface area contributed by atoms with E-state index in [0.29, 0.717) is 29.0 Å². The SMILES string of the molecule is O=C1C(=O)N(Cc2ccccc2)c2ccc(I)cc21.O=C1Nc2ccc(I)cc2C1=O. The smallest absolute Gasteiger partial charge is 0.299 e. The molecule has 0 aliphatic carbocycles. The van der Waals surface area contributed by atoms with Crippen LogP contribution in [0.5, 0.6) is 0 Å². The van der Waals surface area contributed by atoms with Crippen molar-refractivity contribution < 1.29 is 19.2 Å². The molecule has 31 heavy (non-hydrogen) atoms. The molecule has 8 heteroatoms. The highest BCUT2D eigenvalue weighted by Gasteiger charge is 2.35. The topological polar surface area (TPSA) is 83.6 Å². The predicted octanol–water partition coefficient (Wildman–Crippen LogP) is 4.45. The first-order chi connectivity index (χ1) is 14.8. The minimum Gasteiger partial charge on any atom is -0.318 e. The van der Waals surface area contributed by atoms with Crippen molar-refractivity contribution in [1.29, 1.82) is 0 Å². The number of nitrogens with zero attached hydrogens (tertiary/aromatic N) is 1. The Balaban J connectivity index is 0.000000166. The minimum atomic E-state index is -0.535. The van der Waals surface area contributed by atoms with Gasteiger partial charge in [0.1, 0.15) is 0 Å². The summed E-state index contributed by atoms with van der Waals surface area (Å²) in [6, 6.07) is 20.5. The number of carbonyl (C=O) groups is 4. The molecule has 0 aromatic heterocycles. The van der Waals surface area contributed by atoms with E-state index in [9.17, 15) is 19.2 Å². The molecule has 0 saturated heterocycles. The highest BCUT2D eigenvalue weighted by atomic mass is 127.